The van der Waals surface area contributed by atoms with Gasteiger partial charge in [0.15, 0.2) is 0 Å². The third-order valence-corrected chi connectivity index (χ3v) is 15.6. The van der Waals surface area contributed by atoms with Crippen LogP contribution in [0.2, 0.25) is 0 Å². The molecule has 0 aliphatic rings. The summed E-state index contributed by atoms with van der Waals surface area (Å²) in [5.41, 5.74) is 0. The van der Waals surface area contributed by atoms with Crippen molar-refractivity contribution in [3.8, 4) is 0 Å². The summed E-state index contributed by atoms with van der Waals surface area (Å²) in [7, 11) is 0. The first-order valence-electron chi connectivity index (χ1n) is 33.9. The molecule has 2 unspecified atom stereocenters. The second-order valence-corrected chi connectivity index (χ2v) is 23.2. The Morgan fingerprint density at radius 1 is 0.382 bits per heavy atom. The summed E-state index contributed by atoms with van der Waals surface area (Å²) in [6, 6.07) is -0.552. The molecule has 446 valence electrons. The largest absolute Gasteiger partial charge is 0.466 e. The van der Waals surface area contributed by atoms with Crippen LogP contribution in [-0.2, 0) is 14.3 Å². The number of hydrogen-bond donors (Lipinski definition) is 3. The molecular formula is C70H131NO5. The lowest BCUT2D eigenvalue weighted by Crippen LogP contribution is -2.45. The van der Waals surface area contributed by atoms with Crippen molar-refractivity contribution in [1.82, 2.24) is 5.32 Å². The first-order valence-corrected chi connectivity index (χ1v) is 33.9. The highest BCUT2D eigenvalue weighted by atomic mass is 16.5. The van der Waals surface area contributed by atoms with Crippen LogP contribution >= 0.6 is 0 Å². The molecule has 0 aromatic carbocycles. The van der Waals surface area contributed by atoms with Crippen LogP contribution in [0.1, 0.15) is 361 Å². The van der Waals surface area contributed by atoms with Crippen molar-refractivity contribution in [1.29, 1.82) is 0 Å². The van der Waals surface area contributed by atoms with Crippen LogP contribution in [0.15, 0.2) is 48.6 Å². The molecule has 0 rings (SSSR count). The molecular weight excluding hydrogens is 935 g/mol. The van der Waals surface area contributed by atoms with Crippen molar-refractivity contribution in [3.05, 3.63) is 48.6 Å². The molecule has 6 nitrogen and oxygen atoms in total. The van der Waals surface area contributed by atoms with Crippen LogP contribution in [0.25, 0.3) is 0 Å². The molecule has 0 saturated heterocycles. The van der Waals surface area contributed by atoms with Crippen molar-refractivity contribution in [3.63, 3.8) is 0 Å². The number of carbonyl (C=O) groups excluding carboxylic acids is 2. The summed E-state index contributed by atoms with van der Waals surface area (Å²) >= 11 is 0. The molecule has 0 radical (unpaired) electrons. The fourth-order valence-corrected chi connectivity index (χ4v) is 10.4. The number of aliphatic hydroxyl groups excluding tert-OH is 2. The van der Waals surface area contributed by atoms with Crippen LogP contribution < -0.4 is 5.32 Å². The van der Waals surface area contributed by atoms with Gasteiger partial charge in [0, 0.05) is 12.8 Å². The van der Waals surface area contributed by atoms with E-state index in [2.05, 4.69) is 67.8 Å². The van der Waals surface area contributed by atoms with Gasteiger partial charge in [-0.1, -0.05) is 306 Å². The van der Waals surface area contributed by atoms with Gasteiger partial charge < -0.3 is 20.3 Å². The van der Waals surface area contributed by atoms with Gasteiger partial charge in [0.05, 0.1) is 25.4 Å². The van der Waals surface area contributed by atoms with Gasteiger partial charge in [-0.25, -0.2) is 0 Å². The number of aliphatic hydroxyl groups is 2. The minimum Gasteiger partial charge on any atom is -0.466 e. The number of carbonyl (C=O) groups is 2. The van der Waals surface area contributed by atoms with Gasteiger partial charge in [0.2, 0.25) is 5.91 Å². The highest BCUT2D eigenvalue weighted by Crippen LogP contribution is 2.18. The summed E-state index contributed by atoms with van der Waals surface area (Å²) in [6.45, 7) is 4.90. The van der Waals surface area contributed by atoms with Gasteiger partial charge in [0.1, 0.15) is 0 Å². The van der Waals surface area contributed by atoms with E-state index < -0.39 is 12.1 Å². The quantitative estimate of drug-likeness (QED) is 0.0244. The maximum atomic E-state index is 12.5. The van der Waals surface area contributed by atoms with Crippen LogP contribution in [0.3, 0.4) is 0 Å². The Morgan fingerprint density at radius 3 is 1.11 bits per heavy atom. The number of esters is 1. The Kier molecular flexibility index (Phi) is 63.5. The second-order valence-electron chi connectivity index (χ2n) is 23.2. The van der Waals surface area contributed by atoms with Crippen molar-refractivity contribution < 1.29 is 24.5 Å². The van der Waals surface area contributed by atoms with Crippen LogP contribution in [0, 0.1) is 0 Å². The molecule has 0 aliphatic heterocycles. The molecule has 2 atom stereocenters. The lowest BCUT2D eigenvalue weighted by atomic mass is 10.0. The highest BCUT2D eigenvalue weighted by molar-refractivity contribution is 5.76. The second kappa shape index (κ2) is 65.3. The monoisotopic (exact) mass is 1070 g/mol. The third-order valence-electron chi connectivity index (χ3n) is 15.6. The maximum Gasteiger partial charge on any atom is 0.305 e. The third kappa shape index (κ3) is 61.0. The first-order chi connectivity index (χ1) is 37.5. The predicted octanol–water partition coefficient (Wildman–Crippen LogP) is 21.7. The van der Waals surface area contributed by atoms with Crippen LogP contribution in [0.4, 0.5) is 0 Å². The minimum absolute atomic E-state index is 0.0270. The van der Waals surface area contributed by atoms with E-state index in [1.165, 1.54) is 250 Å². The van der Waals surface area contributed by atoms with E-state index in [4.69, 9.17) is 4.74 Å². The molecule has 6 heteroatoms. The minimum atomic E-state index is -0.674. The Bertz CT molecular complexity index is 1270. The van der Waals surface area contributed by atoms with Gasteiger partial charge >= 0.3 is 5.97 Å². The van der Waals surface area contributed by atoms with Gasteiger partial charge in [-0.2, -0.15) is 0 Å². The van der Waals surface area contributed by atoms with Gasteiger partial charge in [-0.3, -0.25) is 9.59 Å². The van der Waals surface area contributed by atoms with Crippen molar-refractivity contribution in [2.45, 2.75) is 373 Å². The van der Waals surface area contributed by atoms with E-state index >= 15 is 0 Å². The Morgan fingerprint density at radius 2 is 0.697 bits per heavy atom. The topological polar surface area (TPSA) is 95.9 Å². The van der Waals surface area contributed by atoms with E-state index in [-0.39, 0.29) is 18.5 Å². The van der Waals surface area contributed by atoms with E-state index in [1.807, 2.05) is 0 Å². The lowest BCUT2D eigenvalue weighted by Gasteiger charge is -2.22. The Hall–Kier alpha value is -2.18. The zero-order valence-electron chi connectivity index (χ0n) is 51.0. The molecule has 0 heterocycles. The molecule has 0 aromatic heterocycles. The Labute approximate surface area is 474 Å². The number of nitrogens with one attached hydrogen (secondary N) is 1. The number of rotatable bonds is 63. The molecule has 0 spiro atoms. The summed E-state index contributed by atoms with van der Waals surface area (Å²) in [6.07, 6.45) is 84.2. The van der Waals surface area contributed by atoms with Crippen molar-refractivity contribution >= 4 is 11.9 Å². The van der Waals surface area contributed by atoms with Gasteiger partial charge in [-0.05, 0) is 89.9 Å². The van der Waals surface area contributed by atoms with Crippen LogP contribution in [0.5, 0.6) is 0 Å². The molecule has 0 fully saturated rings. The summed E-state index contributed by atoms with van der Waals surface area (Å²) < 4.78 is 5.45. The van der Waals surface area contributed by atoms with E-state index in [0.29, 0.717) is 25.9 Å². The van der Waals surface area contributed by atoms with E-state index in [1.54, 1.807) is 0 Å². The van der Waals surface area contributed by atoms with Gasteiger partial charge in [0.25, 0.3) is 0 Å². The lowest BCUT2D eigenvalue weighted by molar-refractivity contribution is -0.143. The molecule has 0 aromatic rings. The van der Waals surface area contributed by atoms with Gasteiger partial charge in [-0.15, -0.1) is 0 Å². The summed E-state index contributed by atoms with van der Waals surface area (Å²) in [4.78, 5) is 24.6. The summed E-state index contributed by atoms with van der Waals surface area (Å²) in [5, 5.41) is 23.4. The average molecular weight is 1070 g/mol. The number of hydrogen-bond acceptors (Lipinski definition) is 5. The first kappa shape index (κ1) is 73.8. The molecule has 0 saturated carbocycles. The summed E-state index contributed by atoms with van der Waals surface area (Å²) in [5.74, 6) is -0.0689. The maximum absolute atomic E-state index is 12.5. The highest BCUT2D eigenvalue weighted by Gasteiger charge is 2.20. The van der Waals surface area contributed by atoms with Crippen molar-refractivity contribution in [2.24, 2.45) is 0 Å². The fraction of sp³-hybridized carbons (Fsp3) is 0.857. The average Bonchev–Trinajstić information content (AvgIpc) is 3.42. The predicted molar refractivity (Wildman–Crippen MR) is 333 cm³/mol. The SMILES string of the molecule is CCCCC/C=C\C/C=C\CCCCCCCC(=O)OCCCCC/C=C\C=C/CCCCCCCCCCCCC(=O)NC(CO)C(O)CCCCCCCCCCCCCCCCCCCCCCCCCCC. The smallest absolute Gasteiger partial charge is 0.305 e. The zero-order valence-corrected chi connectivity index (χ0v) is 51.0. The normalized spacial score (nSPS) is 12.8. The fourth-order valence-electron chi connectivity index (χ4n) is 10.4. The molecule has 1 amide bonds. The molecule has 76 heavy (non-hydrogen) atoms. The van der Waals surface area contributed by atoms with Crippen LogP contribution in [-0.4, -0.2) is 47.4 Å². The molecule has 0 bridgehead atoms. The number of amides is 1. The molecule has 0 aliphatic carbocycles. The zero-order chi connectivity index (χ0) is 55.0. The standard InChI is InChI=1S/C70H131NO5/c1-3-5-7-9-11-13-15-17-19-20-21-22-23-24-25-26-28-31-35-38-42-46-50-54-58-62-68(73)67(66-72)71-69(74)63-59-55-51-47-43-39-36-32-29-27-30-33-37-41-45-49-53-57-61-65-76-70(75)64-60-56-52-48-44-40-34-18-16-14-12-10-8-6-4-2/h12,14,18,33-34,37,41,45,67-68,72-73H,3-11,13,15-17,19-32,35-36,38-40,42-44,46-66H2,1-2H3,(H,71,74)/b14-12-,34-18-,37-33-,45-41-. The number of allylic oxidation sites excluding steroid dienone is 8. The van der Waals surface area contributed by atoms with E-state index in [0.717, 1.165) is 77.0 Å². The molecule has 3 N–H and O–H groups in total. The van der Waals surface area contributed by atoms with Crippen molar-refractivity contribution in [2.75, 3.05) is 13.2 Å². The van der Waals surface area contributed by atoms with E-state index in [9.17, 15) is 19.8 Å². The number of unbranched alkanes of at least 4 members (excludes halogenated alkanes) is 45. The Balaban J connectivity index is 3.47. The number of ether oxygens (including phenoxy) is 1.